The van der Waals surface area contributed by atoms with Crippen LogP contribution in [0.15, 0.2) is 29.3 Å². The van der Waals surface area contributed by atoms with Crippen molar-refractivity contribution >= 4 is 17.1 Å². The van der Waals surface area contributed by atoms with Gasteiger partial charge in [-0.3, -0.25) is 4.99 Å². The zero-order valence-corrected chi connectivity index (χ0v) is 8.04. The molecule has 0 spiro atoms. The largest absolute Gasteiger partial charge is 0.380 e. The van der Waals surface area contributed by atoms with Crippen LogP contribution >= 0.6 is 0 Å². The van der Waals surface area contributed by atoms with Gasteiger partial charge in [0.25, 0.3) is 0 Å². The number of para-hydroxylation sites is 2. The Hall–Kier alpha value is -1.31. The second-order valence-corrected chi connectivity index (χ2v) is 3.61. The van der Waals surface area contributed by atoms with Gasteiger partial charge >= 0.3 is 0 Å². The fraction of sp³-hybridized carbons (Fsp3) is 0.364. The third-order valence-electron chi connectivity index (χ3n) is 2.22. The van der Waals surface area contributed by atoms with Gasteiger partial charge in [-0.05, 0) is 26.0 Å². The van der Waals surface area contributed by atoms with Crippen LogP contribution in [0.5, 0.6) is 0 Å². The zero-order chi connectivity index (χ0) is 9.26. The summed E-state index contributed by atoms with van der Waals surface area (Å²) in [6.45, 7) is 4.27. The summed E-state index contributed by atoms with van der Waals surface area (Å²) < 4.78 is 0. The van der Waals surface area contributed by atoms with Crippen LogP contribution in [0.3, 0.4) is 0 Å². The van der Waals surface area contributed by atoms with E-state index in [1.165, 1.54) is 5.71 Å². The normalized spacial score (nSPS) is 21.1. The van der Waals surface area contributed by atoms with Gasteiger partial charge in [0.2, 0.25) is 0 Å². The van der Waals surface area contributed by atoms with Gasteiger partial charge in [0.15, 0.2) is 0 Å². The van der Waals surface area contributed by atoms with Gasteiger partial charge in [0, 0.05) is 18.2 Å². The van der Waals surface area contributed by atoms with E-state index in [4.69, 9.17) is 0 Å². The lowest BCUT2D eigenvalue weighted by molar-refractivity contribution is 0.841. The second kappa shape index (κ2) is 3.21. The fourth-order valence-electron chi connectivity index (χ4n) is 1.70. The van der Waals surface area contributed by atoms with E-state index in [-0.39, 0.29) is 0 Å². The lowest BCUT2D eigenvalue weighted by atomic mass is 10.2. The van der Waals surface area contributed by atoms with Gasteiger partial charge in [-0.15, -0.1) is 0 Å². The standard InChI is InChI=1S/C11H14N2/c1-8-7-9(2)13-11-6-4-3-5-10(11)12-8/h3-6,8,12H,7H2,1-2H3. The minimum atomic E-state index is 0.479. The van der Waals surface area contributed by atoms with Crippen molar-refractivity contribution < 1.29 is 0 Å². The third-order valence-corrected chi connectivity index (χ3v) is 2.22. The Balaban J connectivity index is 2.45. The fourth-order valence-corrected chi connectivity index (χ4v) is 1.70. The second-order valence-electron chi connectivity index (χ2n) is 3.61. The molecule has 0 radical (unpaired) electrons. The van der Waals surface area contributed by atoms with Gasteiger partial charge < -0.3 is 5.32 Å². The molecule has 1 N–H and O–H groups in total. The quantitative estimate of drug-likeness (QED) is 0.642. The van der Waals surface area contributed by atoms with Gasteiger partial charge in [-0.2, -0.15) is 0 Å². The molecule has 1 atom stereocenters. The molecule has 1 unspecified atom stereocenters. The predicted octanol–water partition coefficient (Wildman–Crippen LogP) is 2.98. The first kappa shape index (κ1) is 8.30. The number of hydrogen-bond donors (Lipinski definition) is 1. The Morgan fingerprint density at radius 3 is 3.00 bits per heavy atom. The topological polar surface area (TPSA) is 24.4 Å². The van der Waals surface area contributed by atoms with Gasteiger partial charge in [-0.25, -0.2) is 0 Å². The van der Waals surface area contributed by atoms with E-state index in [0.29, 0.717) is 6.04 Å². The summed E-state index contributed by atoms with van der Waals surface area (Å²) in [7, 11) is 0. The highest BCUT2D eigenvalue weighted by molar-refractivity contribution is 5.88. The van der Waals surface area contributed by atoms with Crippen molar-refractivity contribution in [2.45, 2.75) is 26.3 Å². The first-order valence-electron chi connectivity index (χ1n) is 4.65. The summed E-state index contributed by atoms with van der Waals surface area (Å²) in [6, 6.07) is 8.66. The summed E-state index contributed by atoms with van der Waals surface area (Å²) in [5, 5.41) is 3.44. The molecular formula is C11H14N2. The van der Waals surface area contributed by atoms with Crippen LogP contribution in [0.1, 0.15) is 20.3 Å². The molecular weight excluding hydrogens is 160 g/mol. The minimum absolute atomic E-state index is 0.479. The molecule has 68 valence electrons. The molecule has 0 bridgehead atoms. The maximum Gasteiger partial charge on any atom is 0.0860 e. The molecule has 1 aromatic carbocycles. The van der Waals surface area contributed by atoms with E-state index in [9.17, 15) is 0 Å². The van der Waals surface area contributed by atoms with Crippen LogP contribution in [-0.4, -0.2) is 11.8 Å². The van der Waals surface area contributed by atoms with Gasteiger partial charge in [-0.1, -0.05) is 12.1 Å². The van der Waals surface area contributed by atoms with E-state index >= 15 is 0 Å². The van der Waals surface area contributed by atoms with Gasteiger partial charge in [0.1, 0.15) is 0 Å². The molecule has 0 amide bonds. The highest BCUT2D eigenvalue weighted by Gasteiger charge is 2.10. The number of nitrogens with one attached hydrogen (secondary N) is 1. The molecule has 1 aliphatic heterocycles. The van der Waals surface area contributed by atoms with Crippen LogP contribution in [0.2, 0.25) is 0 Å². The molecule has 2 heteroatoms. The Morgan fingerprint density at radius 2 is 2.15 bits per heavy atom. The molecule has 0 saturated carbocycles. The highest BCUT2D eigenvalue weighted by atomic mass is 15.0. The Bertz CT molecular complexity index is 342. The molecule has 0 fully saturated rings. The average molecular weight is 174 g/mol. The summed E-state index contributed by atoms with van der Waals surface area (Å²) in [5.41, 5.74) is 3.40. The molecule has 13 heavy (non-hydrogen) atoms. The van der Waals surface area contributed by atoms with Crippen molar-refractivity contribution in [2.75, 3.05) is 5.32 Å². The molecule has 0 saturated heterocycles. The van der Waals surface area contributed by atoms with E-state index in [1.807, 2.05) is 18.2 Å². The number of hydrogen-bond acceptors (Lipinski definition) is 2. The van der Waals surface area contributed by atoms with Crippen LogP contribution in [0, 0.1) is 0 Å². The number of aliphatic imine (C=N–C) groups is 1. The number of fused-ring (bicyclic) bond motifs is 1. The summed E-state index contributed by atoms with van der Waals surface area (Å²) in [5.74, 6) is 0. The average Bonchev–Trinajstić information content (AvgIpc) is 2.20. The van der Waals surface area contributed by atoms with E-state index in [0.717, 1.165) is 17.8 Å². The molecule has 2 nitrogen and oxygen atoms in total. The van der Waals surface area contributed by atoms with Crippen molar-refractivity contribution in [1.29, 1.82) is 0 Å². The number of rotatable bonds is 0. The summed E-state index contributed by atoms with van der Waals surface area (Å²) in [6.07, 6.45) is 1.02. The number of nitrogens with zero attached hydrogens (tertiary/aromatic N) is 1. The highest BCUT2D eigenvalue weighted by Crippen LogP contribution is 2.28. The molecule has 0 aliphatic carbocycles. The lowest BCUT2D eigenvalue weighted by Crippen LogP contribution is -2.16. The van der Waals surface area contributed by atoms with E-state index in [1.54, 1.807) is 0 Å². The monoisotopic (exact) mass is 174 g/mol. The van der Waals surface area contributed by atoms with Crippen LogP contribution in [0.4, 0.5) is 11.4 Å². The van der Waals surface area contributed by atoms with Crippen LogP contribution < -0.4 is 5.32 Å². The van der Waals surface area contributed by atoms with E-state index in [2.05, 4.69) is 30.2 Å². The molecule has 2 rings (SSSR count). The SMILES string of the molecule is CC1=Nc2ccccc2NC(C)C1. The number of anilines is 1. The van der Waals surface area contributed by atoms with Crippen molar-refractivity contribution in [2.24, 2.45) is 4.99 Å². The van der Waals surface area contributed by atoms with Crippen molar-refractivity contribution in [1.82, 2.24) is 0 Å². The Labute approximate surface area is 78.7 Å². The zero-order valence-electron chi connectivity index (χ0n) is 8.04. The maximum absolute atomic E-state index is 4.54. The minimum Gasteiger partial charge on any atom is -0.380 e. The van der Waals surface area contributed by atoms with Gasteiger partial charge in [0.05, 0.1) is 11.4 Å². The molecule has 1 heterocycles. The summed E-state index contributed by atoms with van der Waals surface area (Å²) in [4.78, 5) is 4.54. The van der Waals surface area contributed by atoms with E-state index < -0.39 is 0 Å². The van der Waals surface area contributed by atoms with Crippen molar-refractivity contribution in [3.8, 4) is 0 Å². The van der Waals surface area contributed by atoms with Crippen LogP contribution in [-0.2, 0) is 0 Å². The smallest absolute Gasteiger partial charge is 0.0860 e. The summed E-state index contributed by atoms with van der Waals surface area (Å²) >= 11 is 0. The van der Waals surface area contributed by atoms with Crippen molar-refractivity contribution in [3.63, 3.8) is 0 Å². The predicted molar refractivity (Wildman–Crippen MR) is 56.9 cm³/mol. The molecule has 0 aromatic heterocycles. The van der Waals surface area contributed by atoms with Crippen molar-refractivity contribution in [3.05, 3.63) is 24.3 Å². The molecule has 1 aromatic rings. The first-order chi connectivity index (χ1) is 6.25. The molecule has 1 aliphatic rings. The maximum atomic E-state index is 4.54. The van der Waals surface area contributed by atoms with Crippen LogP contribution in [0.25, 0.3) is 0 Å². The first-order valence-corrected chi connectivity index (χ1v) is 4.65. The Morgan fingerprint density at radius 1 is 1.38 bits per heavy atom. The Kier molecular flexibility index (Phi) is 2.05. The number of benzene rings is 1. The lowest BCUT2D eigenvalue weighted by Gasteiger charge is -2.11. The third kappa shape index (κ3) is 1.72.